The van der Waals surface area contributed by atoms with Crippen LogP contribution in [0.5, 0.6) is 5.75 Å². The maximum atomic E-state index is 5.85. The molecular weight excluding hydrogens is 264 g/mol. The standard InChI is InChI=1S/C16H22N4O/c1-12(2)20-16(18-11-19-20)10-21-15-5-3-4-13(8-15)9-17-14-6-7-14/h3-5,8,11-12,14,17H,6-7,9-10H2,1-2H3. The smallest absolute Gasteiger partial charge is 0.165 e. The first-order valence-corrected chi connectivity index (χ1v) is 7.56. The van der Waals surface area contributed by atoms with Crippen molar-refractivity contribution in [3.63, 3.8) is 0 Å². The zero-order valence-corrected chi connectivity index (χ0v) is 12.6. The molecule has 0 radical (unpaired) electrons. The molecule has 0 unspecified atom stereocenters. The molecule has 1 heterocycles. The summed E-state index contributed by atoms with van der Waals surface area (Å²) in [5.41, 5.74) is 1.25. The molecule has 1 aromatic heterocycles. The Morgan fingerprint density at radius 3 is 3.00 bits per heavy atom. The average molecular weight is 286 g/mol. The van der Waals surface area contributed by atoms with Gasteiger partial charge in [0.25, 0.3) is 0 Å². The van der Waals surface area contributed by atoms with E-state index >= 15 is 0 Å². The molecule has 2 aromatic rings. The summed E-state index contributed by atoms with van der Waals surface area (Å²) in [7, 11) is 0. The van der Waals surface area contributed by atoms with E-state index in [1.165, 1.54) is 18.4 Å². The van der Waals surface area contributed by atoms with Gasteiger partial charge in [0, 0.05) is 18.6 Å². The Kier molecular flexibility index (Phi) is 4.20. The number of ether oxygens (including phenoxy) is 1. The number of nitrogens with zero attached hydrogens (tertiary/aromatic N) is 3. The Balaban J connectivity index is 1.59. The molecule has 1 aliphatic carbocycles. The molecule has 3 rings (SSSR count). The fourth-order valence-electron chi connectivity index (χ4n) is 2.25. The summed E-state index contributed by atoms with van der Waals surface area (Å²) in [6, 6.07) is 9.24. The van der Waals surface area contributed by atoms with Gasteiger partial charge in [0.15, 0.2) is 5.82 Å². The van der Waals surface area contributed by atoms with Crippen LogP contribution in [-0.4, -0.2) is 20.8 Å². The highest BCUT2D eigenvalue weighted by Crippen LogP contribution is 2.20. The number of rotatable bonds is 7. The van der Waals surface area contributed by atoms with Crippen LogP contribution in [0.1, 0.15) is 44.1 Å². The van der Waals surface area contributed by atoms with Crippen LogP contribution >= 0.6 is 0 Å². The first-order chi connectivity index (χ1) is 10.2. The van der Waals surface area contributed by atoms with Crippen molar-refractivity contribution in [1.29, 1.82) is 0 Å². The Morgan fingerprint density at radius 2 is 2.24 bits per heavy atom. The highest BCUT2D eigenvalue weighted by atomic mass is 16.5. The van der Waals surface area contributed by atoms with Crippen LogP contribution in [0.3, 0.4) is 0 Å². The molecule has 1 aliphatic rings. The maximum Gasteiger partial charge on any atom is 0.165 e. The monoisotopic (exact) mass is 286 g/mol. The molecule has 0 spiro atoms. The van der Waals surface area contributed by atoms with Gasteiger partial charge in [-0.05, 0) is 44.4 Å². The molecule has 0 saturated heterocycles. The molecule has 5 heteroatoms. The molecule has 21 heavy (non-hydrogen) atoms. The van der Waals surface area contributed by atoms with Crippen LogP contribution in [0, 0.1) is 0 Å². The van der Waals surface area contributed by atoms with Gasteiger partial charge >= 0.3 is 0 Å². The van der Waals surface area contributed by atoms with Crippen molar-refractivity contribution in [1.82, 2.24) is 20.1 Å². The number of hydrogen-bond donors (Lipinski definition) is 1. The van der Waals surface area contributed by atoms with Crippen molar-refractivity contribution >= 4 is 0 Å². The third-order valence-corrected chi connectivity index (χ3v) is 3.57. The second kappa shape index (κ2) is 6.26. The molecule has 1 aromatic carbocycles. The van der Waals surface area contributed by atoms with E-state index in [0.717, 1.165) is 24.2 Å². The van der Waals surface area contributed by atoms with E-state index in [1.807, 2.05) is 16.8 Å². The van der Waals surface area contributed by atoms with Gasteiger partial charge in [0.2, 0.25) is 0 Å². The fraction of sp³-hybridized carbons (Fsp3) is 0.500. The lowest BCUT2D eigenvalue weighted by molar-refractivity contribution is 0.282. The minimum atomic E-state index is 0.292. The molecule has 0 aliphatic heterocycles. The van der Waals surface area contributed by atoms with Gasteiger partial charge in [-0.1, -0.05) is 12.1 Å². The molecule has 1 fully saturated rings. The summed E-state index contributed by atoms with van der Waals surface area (Å²) in [6.07, 6.45) is 4.19. The van der Waals surface area contributed by atoms with E-state index in [2.05, 4.69) is 41.4 Å². The largest absolute Gasteiger partial charge is 0.486 e. The van der Waals surface area contributed by atoms with Gasteiger partial charge in [0.1, 0.15) is 18.7 Å². The lowest BCUT2D eigenvalue weighted by Crippen LogP contribution is -2.15. The Bertz CT molecular complexity index is 589. The normalized spacial score (nSPS) is 14.6. The molecule has 112 valence electrons. The van der Waals surface area contributed by atoms with E-state index in [-0.39, 0.29) is 0 Å². The number of benzene rings is 1. The summed E-state index contributed by atoms with van der Waals surface area (Å²) in [5, 5.41) is 7.73. The third-order valence-electron chi connectivity index (χ3n) is 3.57. The fourth-order valence-corrected chi connectivity index (χ4v) is 2.25. The van der Waals surface area contributed by atoms with Crippen LogP contribution in [0.2, 0.25) is 0 Å². The van der Waals surface area contributed by atoms with E-state index in [9.17, 15) is 0 Å². The molecule has 1 saturated carbocycles. The molecule has 0 bridgehead atoms. The number of hydrogen-bond acceptors (Lipinski definition) is 4. The maximum absolute atomic E-state index is 5.85. The van der Waals surface area contributed by atoms with Gasteiger partial charge in [-0.25, -0.2) is 9.67 Å². The van der Waals surface area contributed by atoms with Crippen molar-refractivity contribution < 1.29 is 4.74 Å². The minimum Gasteiger partial charge on any atom is -0.486 e. The summed E-state index contributed by atoms with van der Waals surface area (Å²) >= 11 is 0. The topological polar surface area (TPSA) is 52.0 Å². The molecule has 0 amide bonds. The van der Waals surface area contributed by atoms with Crippen LogP contribution in [-0.2, 0) is 13.2 Å². The average Bonchev–Trinajstić information content (AvgIpc) is 3.19. The minimum absolute atomic E-state index is 0.292. The van der Waals surface area contributed by atoms with Crippen molar-refractivity contribution in [2.24, 2.45) is 0 Å². The Morgan fingerprint density at radius 1 is 1.38 bits per heavy atom. The second-order valence-corrected chi connectivity index (χ2v) is 5.81. The van der Waals surface area contributed by atoms with E-state index in [1.54, 1.807) is 6.33 Å². The Labute approximate surface area is 125 Å². The van der Waals surface area contributed by atoms with E-state index < -0.39 is 0 Å². The van der Waals surface area contributed by atoms with Gasteiger partial charge in [-0.2, -0.15) is 5.10 Å². The molecule has 1 N–H and O–H groups in total. The molecular formula is C16H22N4O. The van der Waals surface area contributed by atoms with Crippen molar-refractivity contribution in [3.8, 4) is 5.75 Å². The van der Waals surface area contributed by atoms with Crippen LogP contribution in [0.4, 0.5) is 0 Å². The highest BCUT2D eigenvalue weighted by Gasteiger charge is 2.19. The van der Waals surface area contributed by atoms with Gasteiger partial charge in [-0.3, -0.25) is 0 Å². The lowest BCUT2D eigenvalue weighted by atomic mass is 10.2. The zero-order chi connectivity index (χ0) is 14.7. The van der Waals surface area contributed by atoms with Crippen LogP contribution in [0.15, 0.2) is 30.6 Å². The van der Waals surface area contributed by atoms with Crippen molar-refractivity contribution in [2.75, 3.05) is 0 Å². The quantitative estimate of drug-likeness (QED) is 0.850. The third kappa shape index (κ3) is 3.82. The zero-order valence-electron chi connectivity index (χ0n) is 12.6. The SMILES string of the molecule is CC(C)n1ncnc1COc1cccc(CNC2CC2)c1. The molecule has 5 nitrogen and oxygen atoms in total. The second-order valence-electron chi connectivity index (χ2n) is 5.81. The van der Waals surface area contributed by atoms with Crippen LogP contribution < -0.4 is 10.1 Å². The molecule has 0 atom stereocenters. The summed E-state index contributed by atoms with van der Waals surface area (Å²) in [4.78, 5) is 4.26. The predicted octanol–water partition coefficient (Wildman–Crippen LogP) is 2.69. The summed E-state index contributed by atoms with van der Waals surface area (Å²) in [6.45, 7) is 5.52. The summed E-state index contributed by atoms with van der Waals surface area (Å²) < 4.78 is 7.74. The highest BCUT2D eigenvalue weighted by molar-refractivity contribution is 5.28. The Hall–Kier alpha value is -1.88. The van der Waals surface area contributed by atoms with E-state index in [0.29, 0.717) is 12.6 Å². The summed E-state index contributed by atoms with van der Waals surface area (Å²) in [5.74, 6) is 1.73. The lowest BCUT2D eigenvalue weighted by Gasteiger charge is -2.11. The van der Waals surface area contributed by atoms with Crippen LogP contribution in [0.25, 0.3) is 0 Å². The van der Waals surface area contributed by atoms with Gasteiger partial charge in [0.05, 0.1) is 0 Å². The number of nitrogens with one attached hydrogen (secondary N) is 1. The number of aromatic nitrogens is 3. The first-order valence-electron chi connectivity index (χ1n) is 7.56. The van der Waals surface area contributed by atoms with Crippen molar-refractivity contribution in [3.05, 3.63) is 42.0 Å². The predicted molar refractivity (Wildman–Crippen MR) is 81.0 cm³/mol. The van der Waals surface area contributed by atoms with E-state index in [4.69, 9.17) is 4.74 Å². The first kappa shape index (κ1) is 14.1. The van der Waals surface area contributed by atoms with Gasteiger partial charge < -0.3 is 10.1 Å². The van der Waals surface area contributed by atoms with Gasteiger partial charge in [-0.15, -0.1) is 0 Å². The van der Waals surface area contributed by atoms with Crippen molar-refractivity contribution in [2.45, 2.75) is 51.9 Å².